The lowest BCUT2D eigenvalue weighted by atomic mass is 9.71. The molecule has 14 heteroatoms. The largest absolute Gasteiger partial charge is 0.429 e. The highest BCUT2D eigenvalue weighted by Gasteiger charge is 2.73. The number of alkyl halides is 6. The Kier molecular flexibility index (Phi) is 7.99. The Balaban J connectivity index is 1.39. The summed E-state index contributed by atoms with van der Waals surface area (Å²) in [5.74, 6) is -3.95. The molecule has 3 aromatic rings. The highest BCUT2D eigenvalue weighted by Crippen LogP contribution is 2.57. The molecule has 0 N–H and O–H groups in total. The third kappa shape index (κ3) is 5.31. The molecule has 7 nitrogen and oxygen atoms in total. The molecule has 0 saturated carbocycles. The molecule has 0 atom stereocenters. The van der Waals surface area contributed by atoms with Gasteiger partial charge in [-0.3, -0.25) is 14.5 Å². The van der Waals surface area contributed by atoms with E-state index in [1.807, 2.05) is 19.1 Å². The maximum atomic E-state index is 15.2. The zero-order chi connectivity index (χ0) is 39.7. The van der Waals surface area contributed by atoms with E-state index in [1.54, 1.807) is 6.07 Å². The zero-order valence-corrected chi connectivity index (χ0v) is 30.8. The first-order valence-corrected chi connectivity index (χ1v) is 17.6. The van der Waals surface area contributed by atoms with Crippen LogP contribution in [-0.4, -0.2) is 51.4 Å². The number of carbonyl (C=O) groups excluding carboxylic acids is 4. The van der Waals surface area contributed by atoms with Gasteiger partial charge in [0.25, 0.3) is 11.8 Å². The van der Waals surface area contributed by atoms with Gasteiger partial charge in [-0.25, -0.2) is 14.6 Å². The van der Waals surface area contributed by atoms with E-state index in [-0.39, 0.29) is 21.9 Å². The first kappa shape index (κ1) is 37.1. The fraction of sp³-hybridized carbons (Fsp3) is 0.300. The van der Waals surface area contributed by atoms with Crippen LogP contribution in [0.4, 0.5) is 26.3 Å². The van der Waals surface area contributed by atoms with E-state index in [2.05, 4.69) is 20.8 Å². The van der Waals surface area contributed by atoms with Crippen molar-refractivity contribution in [2.75, 3.05) is 0 Å². The van der Waals surface area contributed by atoms with Gasteiger partial charge in [-0.1, -0.05) is 37.5 Å². The Morgan fingerprint density at radius 2 is 1.20 bits per heavy atom. The zero-order valence-electron chi connectivity index (χ0n) is 30.0. The summed E-state index contributed by atoms with van der Waals surface area (Å²) in [4.78, 5) is 59.9. The molecule has 0 fully saturated rings. The van der Waals surface area contributed by atoms with E-state index in [0.29, 0.717) is 39.4 Å². The maximum absolute atomic E-state index is 15.2. The van der Waals surface area contributed by atoms with E-state index < -0.39 is 69.2 Å². The van der Waals surface area contributed by atoms with Gasteiger partial charge in [0, 0.05) is 17.7 Å². The molecule has 278 valence electrons. The van der Waals surface area contributed by atoms with Crippen LogP contribution in [0.1, 0.15) is 105 Å². The second kappa shape index (κ2) is 11.6. The fourth-order valence-electron chi connectivity index (χ4n) is 7.49. The number of carbonyl (C=O) groups is 4. The molecule has 0 radical (unpaired) electrons. The van der Waals surface area contributed by atoms with Crippen molar-refractivity contribution in [3.63, 3.8) is 0 Å². The topological polar surface area (TPSA) is 87.4 Å². The third-order valence-electron chi connectivity index (χ3n) is 9.94. The number of amides is 4. The number of aryl methyl sites for hydroxylation is 1. The van der Waals surface area contributed by atoms with Crippen LogP contribution >= 0.6 is 11.3 Å². The second-order valence-corrected chi connectivity index (χ2v) is 16.7. The van der Waals surface area contributed by atoms with Gasteiger partial charge in [0.15, 0.2) is 0 Å². The third-order valence-corrected chi connectivity index (χ3v) is 11.0. The van der Waals surface area contributed by atoms with Crippen molar-refractivity contribution in [1.29, 1.82) is 0 Å². The monoisotopic (exact) mass is 764 g/mol. The standard InChI is InChI=1S/C40H32F6N3O4S/c1-19-14-29-31(18-27(19)36(2,3)4)54-30-17-22(10-13-28(30)47-29)48-32(50)23-11-8-20(15-25(23)33(48)51)38(39(41,42)43,40(44,45)46)21-9-12-24-26(16-21)35(53)49(34(24)52)37(5,6)7/h8-18H,1-7H3/q+1. The number of aromatic nitrogens is 1. The van der Waals surface area contributed by atoms with Crippen LogP contribution in [0, 0.1) is 6.92 Å². The molecule has 0 spiro atoms. The number of imide groups is 2. The summed E-state index contributed by atoms with van der Waals surface area (Å²) in [5.41, 5.74) is -7.38. The second-order valence-electron chi connectivity index (χ2n) is 15.6. The summed E-state index contributed by atoms with van der Waals surface area (Å²) >= 11 is 1.36. The molecule has 1 aliphatic carbocycles. The van der Waals surface area contributed by atoms with Crippen molar-refractivity contribution in [1.82, 2.24) is 14.5 Å². The van der Waals surface area contributed by atoms with Crippen molar-refractivity contribution in [3.05, 3.63) is 117 Å². The van der Waals surface area contributed by atoms with Gasteiger partial charge < -0.3 is 0 Å². The number of hydrogen-bond acceptors (Lipinski definition) is 6. The van der Waals surface area contributed by atoms with E-state index in [1.165, 1.54) is 44.2 Å². The molecule has 0 unspecified atom stereocenters. The van der Waals surface area contributed by atoms with Gasteiger partial charge in [0.2, 0.25) is 10.8 Å². The van der Waals surface area contributed by atoms with Crippen LogP contribution < -0.4 is 9.93 Å². The molecule has 0 bridgehead atoms. The molecule has 3 aromatic carbocycles. The predicted octanol–water partition coefficient (Wildman–Crippen LogP) is 8.58. The molecule has 4 amide bonds. The molecule has 0 saturated heterocycles. The summed E-state index contributed by atoms with van der Waals surface area (Å²) in [6, 6.07) is 12.0. The number of hydrogen-bond donors (Lipinski definition) is 0. The smallest absolute Gasteiger partial charge is 0.269 e. The Bertz CT molecular complexity index is 2540. The minimum Gasteiger partial charge on any atom is -0.269 e. The summed E-state index contributed by atoms with van der Waals surface area (Å²) in [5, 5.41) is 0.0546. The summed E-state index contributed by atoms with van der Waals surface area (Å²) in [6.07, 6.45) is -12.1. The lowest BCUT2D eigenvalue weighted by molar-refractivity contribution is -0.288. The summed E-state index contributed by atoms with van der Waals surface area (Å²) in [6.45, 7) is 12.7. The van der Waals surface area contributed by atoms with Gasteiger partial charge in [-0.05, 0) is 97.8 Å². The van der Waals surface area contributed by atoms with Gasteiger partial charge in [0.1, 0.15) is 11.1 Å². The van der Waals surface area contributed by atoms with Gasteiger partial charge in [0.05, 0.1) is 31.9 Å². The molecule has 3 aliphatic heterocycles. The Morgan fingerprint density at radius 3 is 1.78 bits per heavy atom. The fourth-order valence-corrected chi connectivity index (χ4v) is 8.51. The quantitative estimate of drug-likeness (QED) is 0.0779. The van der Waals surface area contributed by atoms with Gasteiger partial charge in [-0.2, -0.15) is 26.3 Å². The van der Waals surface area contributed by atoms with Gasteiger partial charge >= 0.3 is 24.2 Å². The Labute approximate surface area is 308 Å². The highest BCUT2D eigenvalue weighted by molar-refractivity contribution is 7.21. The van der Waals surface area contributed by atoms with Crippen molar-refractivity contribution < 1.29 is 45.5 Å². The molecule has 7 rings (SSSR count). The first-order chi connectivity index (χ1) is 24.9. The van der Waals surface area contributed by atoms with E-state index in [4.69, 9.17) is 4.98 Å². The lowest BCUT2D eigenvalue weighted by Crippen LogP contribution is -2.55. The molecule has 4 aliphatic rings. The number of rotatable bonds is 2. The molecular weight excluding hydrogens is 733 g/mol. The van der Waals surface area contributed by atoms with Crippen molar-refractivity contribution in [3.8, 4) is 10.6 Å². The van der Waals surface area contributed by atoms with E-state index in [9.17, 15) is 19.2 Å². The van der Waals surface area contributed by atoms with Gasteiger partial charge in [-0.15, -0.1) is 11.3 Å². The number of benzene rings is 4. The van der Waals surface area contributed by atoms with Crippen LogP contribution in [-0.2, 0) is 10.8 Å². The van der Waals surface area contributed by atoms with Crippen LogP contribution in [0.5, 0.6) is 0 Å². The van der Waals surface area contributed by atoms with Crippen molar-refractivity contribution in [2.45, 2.75) is 77.2 Å². The lowest BCUT2D eigenvalue weighted by Gasteiger charge is -2.38. The Morgan fingerprint density at radius 1 is 0.648 bits per heavy atom. The number of halogens is 6. The SMILES string of the molecule is Cc1cc2nc3ccc(=[N+]4C(=O)c5ccc(C(c6ccc7c(c6)C(=O)N(C(C)(C)C)C7=O)(C(F)(F)F)C(F)(F)F)cc5C4=O)cc-3sc2cc1C(C)(C)C. The normalized spacial score (nSPS) is 16.6. The minimum absolute atomic E-state index is 0.0546. The van der Waals surface area contributed by atoms with E-state index >= 15 is 26.3 Å². The van der Waals surface area contributed by atoms with Crippen LogP contribution in [0.25, 0.3) is 20.8 Å². The van der Waals surface area contributed by atoms with E-state index in [0.717, 1.165) is 38.4 Å². The van der Waals surface area contributed by atoms with Crippen LogP contribution in [0.2, 0.25) is 0 Å². The first-order valence-electron chi connectivity index (χ1n) is 16.8. The molecule has 54 heavy (non-hydrogen) atoms. The molecular formula is C40H32F6N3O4S+. The van der Waals surface area contributed by atoms with Crippen molar-refractivity contribution >= 4 is 45.2 Å². The average molecular weight is 765 g/mol. The minimum atomic E-state index is -6.07. The number of nitrogens with zero attached hydrogens (tertiary/aromatic N) is 3. The van der Waals surface area contributed by atoms with Crippen molar-refractivity contribution in [2.24, 2.45) is 0 Å². The van der Waals surface area contributed by atoms with Crippen LogP contribution in [0.15, 0.2) is 66.7 Å². The average Bonchev–Trinajstić information content (AvgIpc) is 3.45. The Hall–Kier alpha value is -5.24. The van der Waals surface area contributed by atoms with Crippen LogP contribution in [0.3, 0.4) is 0 Å². The summed E-state index contributed by atoms with van der Waals surface area (Å²) in [7, 11) is 0. The predicted molar refractivity (Wildman–Crippen MR) is 190 cm³/mol. The highest BCUT2D eigenvalue weighted by atomic mass is 32.1. The molecule has 0 aromatic heterocycles. The number of fused-ring (bicyclic) bond motifs is 4. The maximum Gasteiger partial charge on any atom is 0.429 e. The molecule has 3 heterocycles. The summed E-state index contributed by atoms with van der Waals surface area (Å²) < 4.78 is 92.9.